The Bertz CT molecular complexity index is 478. The summed E-state index contributed by atoms with van der Waals surface area (Å²) in [7, 11) is 1.56. The van der Waals surface area contributed by atoms with Crippen molar-refractivity contribution in [2.24, 2.45) is 0 Å². The average Bonchev–Trinajstić information content (AvgIpc) is 2.57. The molecule has 5 nitrogen and oxygen atoms in total. The largest absolute Gasteiger partial charge is 0.480 e. The van der Waals surface area contributed by atoms with E-state index in [4.69, 9.17) is 16.7 Å². The van der Waals surface area contributed by atoms with Gasteiger partial charge in [-0.25, -0.2) is 9.59 Å². The molecular formula is C11H11ClN2O3. The average molecular weight is 255 g/mol. The highest BCUT2D eigenvalue weighted by atomic mass is 35.5. The van der Waals surface area contributed by atoms with Gasteiger partial charge in [0.1, 0.15) is 0 Å². The summed E-state index contributed by atoms with van der Waals surface area (Å²) in [4.78, 5) is 25.6. The Labute approximate surface area is 103 Å². The molecule has 1 aliphatic heterocycles. The fourth-order valence-electron chi connectivity index (χ4n) is 1.84. The van der Waals surface area contributed by atoms with E-state index >= 15 is 0 Å². The summed E-state index contributed by atoms with van der Waals surface area (Å²) in [5.41, 5.74) is 0.427. The van der Waals surface area contributed by atoms with Gasteiger partial charge in [0.25, 0.3) is 0 Å². The third kappa shape index (κ3) is 1.93. The van der Waals surface area contributed by atoms with E-state index in [2.05, 4.69) is 0 Å². The molecule has 2 rings (SSSR count). The number of hydrogen-bond donors (Lipinski definition) is 1. The number of para-hydroxylation sites is 1. The van der Waals surface area contributed by atoms with Gasteiger partial charge >= 0.3 is 12.0 Å². The van der Waals surface area contributed by atoms with Gasteiger partial charge in [0.05, 0.1) is 17.3 Å². The molecular weight excluding hydrogens is 244 g/mol. The van der Waals surface area contributed by atoms with Gasteiger partial charge in [-0.2, -0.15) is 0 Å². The number of benzene rings is 1. The van der Waals surface area contributed by atoms with Gasteiger partial charge in [-0.15, -0.1) is 0 Å². The van der Waals surface area contributed by atoms with E-state index in [0.717, 1.165) is 0 Å². The van der Waals surface area contributed by atoms with Gasteiger partial charge in [-0.05, 0) is 12.1 Å². The normalized spacial score (nSPS) is 19.9. The second-order valence-electron chi connectivity index (χ2n) is 3.84. The lowest BCUT2D eigenvalue weighted by Crippen LogP contribution is -2.39. The molecule has 6 heteroatoms. The lowest BCUT2D eigenvalue weighted by molar-refractivity contribution is -0.138. The molecule has 0 aromatic heterocycles. The molecule has 2 amide bonds. The first-order chi connectivity index (χ1) is 8.02. The van der Waals surface area contributed by atoms with Crippen LogP contribution in [0.4, 0.5) is 10.5 Å². The SMILES string of the molecule is CN1CC(C(=O)O)N(c2ccccc2Cl)C1=O. The summed E-state index contributed by atoms with van der Waals surface area (Å²) in [6.45, 7) is 0.152. The summed E-state index contributed by atoms with van der Waals surface area (Å²) in [5.74, 6) is -1.04. The summed E-state index contributed by atoms with van der Waals surface area (Å²) < 4.78 is 0. The molecule has 1 aliphatic rings. The second-order valence-corrected chi connectivity index (χ2v) is 4.25. The van der Waals surface area contributed by atoms with Crippen LogP contribution in [-0.2, 0) is 4.79 Å². The summed E-state index contributed by atoms with van der Waals surface area (Å²) in [6.07, 6.45) is 0. The first-order valence-corrected chi connectivity index (χ1v) is 5.42. The van der Waals surface area contributed by atoms with Crippen LogP contribution in [0.1, 0.15) is 0 Å². The van der Waals surface area contributed by atoms with Crippen LogP contribution in [0.5, 0.6) is 0 Å². The van der Waals surface area contributed by atoms with Crippen LogP contribution in [0, 0.1) is 0 Å². The van der Waals surface area contributed by atoms with Crippen molar-refractivity contribution in [3.8, 4) is 0 Å². The smallest absolute Gasteiger partial charge is 0.328 e. The number of carbonyl (C=O) groups is 2. The zero-order chi connectivity index (χ0) is 12.6. The fourth-order valence-corrected chi connectivity index (χ4v) is 2.07. The Hall–Kier alpha value is -1.75. The Balaban J connectivity index is 2.45. The summed E-state index contributed by atoms with van der Waals surface area (Å²) in [5, 5.41) is 9.47. The number of carboxylic acids is 1. The number of carboxylic acid groups (broad SMARTS) is 1. The Morgan fingerprint density at radius 3 is 2.71 bits per heavy atom. The number of anilines is 1. The minimum atomic E-state index is -1.04. The van der Waals surface area contributed by atoms with Crippen LogP contribution in [0.2, 0.25) is 5.02 Å². The molecule has 1 atom stereocenters. The first kappa shape index (κ1) is 11.7. The highest BCUT2D eigenvalue weighted by molar-refractivity contribution is 6.34. The molecule has 17 heavy (non-hydrogen) atoms. The minimum Gasteiger partial charge on any atom is -0.480 e. The van der Waals surface area contributed by atoms with Crippen molar-refractivity contribution in [1.29, 1.82) is 0 Å². The lowest BCUT2D eigenvalue weighted by atomic mass is 10.2. The van der Waals surface area contributed by atoms with Crippen LogP contribution in [0.3, 0.4) is 0 Å². The highest BCUT2D eigenvalue weighted by Crippen LogP contribution is 2.30. The van der Waals surface area contributed by atoms with E-state index in [-0.39, 0.29) is 12.6 Å². The third-order valence-corrected chi connectivity index (χ3v) is 3.01. The number of urea groups is 1. The molecule has 1 unspecified atom stereocenters. The van der Waals surface area contributed by atoms with Crippen molar-refractivity contribution in [1.82, 2.24) is 4.90 Å². The van der Waals surface area contributed by atoms with Crippen molar-refractivity contribution in [3.05, 3.63) is 29.3 Å². The molecule has 0 radical (unpaired) electrons. The van der Waals surface area contributed by atoms with E-state index in [1.807, 2.05) is 0 Å². The Morgan fingerprint density at radius 1 is 1.47 bits per heavy atom. The van der Waals surface area contributed by atoms with Crippen LogP contribution < -0.4 is 4.90 Å². The van der Waals surface area contributed by atoms with E-state index < -0.39 is 12.0 Å². The number of likely N-dealkylation sites (N-methyl/N-ethyl adjacent to an activating group) is 1. The quantitative estimate of drug-likeness (QED) is 0.873. The van der Waals surface area contributed by atoms with Gasteiger partial charge in [0, 0.05) is 7.05 Å². The topological polar surface area (TPSA) is 60.9 Å². The highest BCUT2D eigenvalue weighted by Gasteiger charge is 2.41. The molecule has 90 valence electrons. The first-order valence-electron chi connectivity index (χ1n) is 5.04. The van der Waals surface area contributed by atoms with Crippen LogP contribution in [-0.4, -0.2) is 41.6 Å². The van der Waals surface area contributed by atoms with E-state index in [9.17, 15) is 9.59 Å². The van der Waals surface area contributed by atoms with E-state index in [0.29, 0.717) is 10.7 Å². The summed E-state index contributed by atoms with van der Waals surface area (Å²) in [6, 6.07) is 5.45. The second kappa shape index (κ2) is 4.25. The molecule has 1 fully saturated rings. The summed E-state index contributed by atoms with van der Waals surface area (Å²) >= 11 is 5.98. The van der Waals surface area contributed by atoms with Crippen LogP contribution >= 0.6 is 11.6 Å². The van der Waals surface area contributed by atoms with Crippen molar-refractivity contribution in [2.45, 2.75) is 6.04 Å². The molecule has 1 aromatic carbocycles. The third-order valence-electron chi connectivity index (χ3n) is 2.69. The number of amides is 2. The minimum absolute atomic E-state index is 0.152. The number of halogens is 1. The molecule has 0 bridgehead atoms. The van der Waals surface area contributed by atoms with Gasteiger partial charge in [0.2, 0.25) is 0 Å². The number of nitrogens with zero attached hydrogens (tertiary/aromatic N) is 2. The van der Waals surface area contributed by atoms with Gasteiger partial charge in [-0.1, -0.05) is 23.7 Å². The number of rotatable bonds is 2. The van der Waals surface area contributed by atoms with Crippen molar-refractivity contribution >= 4 is 29.3 Å². The lowest BCUT2D eigenvalue weighted by Gasteiger charge is -2.21. The number of hydrogen-bond acceptors (Lipinski definition) is 2. The standard InChI is InChI=1S/C11H11ClN2O3/c1-13-6-9(10(15)16)14(11(13)17)8-5-3-2-4-7(8)12/h2-5,9H,6H2,1H3,(H,15,16). The van der Waals surface area contributed by atoms with Crippen molar-refractivity contribution in [3.63, 3.8) is 0 Å². The van der Waals surface area contributed by atoms with Crippen molar-refractivity contribution in [2.75, 3.05) is 18.5 Å². The van der Waals surface area contributed by atoms with E-state index in [1.54, 1.807) is 31.3 Å². The zero-order valence-corrected chi connectivity index (χ0v) is 9.89. The molecule has 0 spiro atoms. The maximum atomic E-state index is 11.9. The monoisotopic (exact) mass is 254 g/mol. The Morgan fingerprint density at radius 2 is 2.12 bits per heavy atom. The molecule has 0 saturated carbocycles. The zero-order valence-electron chi connectivity index (χ0n) is 9.13. The fraction of sp³-hybridized carbons (Fsp3) is 0.273. The number of carbonyl (C=O) groups excluding carboxylic acids is 1. The van der Waals surface area contributed by atoms with E-state index in [1.165, 1.54) is 9.80 Å². The molecule has 1 heterocycles. The van der Waals surface area contributed by atoms with Gasteiger partial charge in [0.15, 0.2) is 6.04 Å². The van der Waals surface area contributed by atoms with Crippen LogP contribution in [0.15, 0.2) is 24.3 Å². The van der Waals surface area contributed by atoms with Crippen LogP contribution in [0.25, 0.3) is 0 Å². The van der Waals surface area contributed by atoms with Crippen molar-refractivity contribution < 1.29 is 14.7 Å². The molecule has 1 N–H and O–H groups in total. The molecule has 1 aromatic rings. The maximum Gasteiger partial charge on any atom is 0.328 e. The Kier molecular flexibility index (Phi) is 2.93. The van der Waals surface area contributed by atoms with Gasteiger partial charge < -0.3 is 10.0 Å². The predicted molar refractivity (Wildman–Crippen MR) is 63.4 cm³/mol. The molecule has 0 aliphatic carbocycles. The number of aliphatic carboxylic acids is 1. The molecule has 1 saturated heterocycles. The van der Waals surface area contributed by atoms with Gasteiger partial charge in [-0.3, -0.25) is 4.90 Å². The maximum absolute atomic E-state index is 11.9. The predicted octanol–water partition coefficient (Wildman–Crippen LogP) is 1.66.